The molecule has 1 saturated heterocycles. The Morgan fingerprint density at radius 3 is 2.87 bits per heavy atom. The minimum Gasteiger partial charge on any atom is -0.396 e. The molecule has 1 aromatic carbocycles. The fourth-order valence-electron chi connectivity index (χ4n) is 1.74. The van der Waals surface area contributed by atoms with Gasteiger partial charge in [-0.25, -0.2) is 4.39 Å². The number of anilines is 1. The van der Waals surface area contributed by atoms with E-state index in [2.05, 4.69) is 21.2 Å². The number of nitrogen functional groups attached to an aromatic ring is 1. The largest absolute Gasteiger partial charge is 0.396 e. The fraction of sp³-hybridized carbons (Fsp3) is 0.300. The molecule has 0 aliphatic carbocycles. The summed E-state index contributed by atoms with van der Waals surface area (Å²) in [6.07, 6.45) is 1.14. The SMILES string of the molecule is Nc1c(F)cc(Br)cc1C1CCC(=O)N1. The van der Waals surface area contributed by atoms with Crippen LogP contribution < -0.4 is 11.1 Å². The highest BCUT2D eigenvalue weighted by atomic mass is 79.9. The lowest BCUT2D eigenvalue weighted by molar-refractivity contribution is -0.119. The van der Waals surface area contributed by atoms with Crippen LogP contribution in [0.2, 0.25) is 0 Å². The highest BCUT2D eigenvalue weighted by Gasteiger charge is 2.25. The third-order valence-corrected chi connectivity index (χ3v) is 2.95. The Morgan fingerprint density at radius 1 is 1.53 bits per heavy atom. The maximum Gasteiger partial charge on any atom is 0.220 e. The van der Waals surface area contributed by atoms with Gasteiger partial charge in [-0.05, 0) is 18.6 Å². The first kappa shape index (κ1) is 10.4. The summed E-state index contributed by atoms with van der Waals surface area (Å²) in [7, 11) is 0. The minimum atomic E-state index is -0.458. The van der Waals surface area contributed by atoms with Crippen molar-refractivity contribution < 1.29 is 9.18 Å². The van der Waals surface area contributed by atoms with Gasteiger partial charge in [0.05, 0.1) is 11.7 Å². The number of nitrogens with two attached hydrogens (primary N) is 1. The first-order valence-corrected chi connectivity index (χ1v) is 5.41. The molecule has 0 spiro atoms. The van der Waals surface area contributed by atoms with E-state index in [4.69, 9.17) is 5.73 Å². The van der Waals surface area contributed by atoms with E-state index in [0.717, 1.165) is 0 Å². The Hall–Kier alpha value is -1.10. The Balaban J connectivity index is 2.39. The summed E-state index contributed by atoms with van der Waals surface area (Å²) in [5, 5.41) is 2.76. The Bertz CT molecular complexity index is 422. The van der Waals surface area contributed by atoms with Gasteiger partial charge in [-0.15, -0.1) is 0 Å². The topological polar surface area (TPSA) is 55.1 Å². The predicted octanol–water partition coefficient (Wildman–Crippen LogP) is 2.12. The van der Waals surface area contributed by atoms with Crippen LogP contribution in [0, 0.1) is 5.82 Å². The summed E-state index contributed by atoms with van der Waals surface area (Å²) < 4.78 is 14.0. The normalized spacial score (nSPS) is 20.4. The number of carbonyl (C=O) groups excluding carboxylic acids is 1. The van der Waals surface area contributed by atoms with Crippen LogP contribution in [0.1, 0.15) is 24.4 Å². The molecule has 1 atom stereocenters. The van der Waals surface area contributed by atoms with Crippen molar-refractivity contribution in [3.05, 3.63) is 28.0 Å². The van der Waals surface area contributed by atoms with Crippen LogP contribution in [0.4, 0.5) is 10.1 Å². The molecule has 1 unspecified atom stereocenters. The molecule has 0 radical (unpaired) electrons. The second-order valence-electron chi connectivity index (χ2n) is 3.55. The van der Waals surface area contributed by atoms with Crippen molar-refractivity contribution in [2.75, 3.05) is 5.73 Å². The maximum atomic E-state index is 13.3. The van der Waals surface area contributed by atoms with Gasteiger partial charge in [-0.3, -0.25) is 4.79 Å². The fourth-order valence-corrected chi connectivity index (χ4v) is 2.19. The van der Waals surface area contributed by atoms with E-state index in [1.165, 1.54) is 6.07 Å². The molecule has 2 rings (SSSR count). The first-order valence-electron chi connectivity index (χ1n) is 4.61. The van der Waals surface area contributed by atoms with E-state index in [-0.39, 0.29) is 17.6 Å². The number of halogens is 2. The summed E-state index contributed by atoms with van der Waals surface area (Å²) >= 11 is 3.20. The average Bonchev–Trinajstić information content (AvgIpc) is 2.58. The molecule has 0 bridgehead atoms. The van der Waals surface area contributed by atoms with Crippen molar-refractivity contribution in [3.8, 4) is 0 Å². The lowest BCUT2D eigenvalue weighted by Gasteiger charge is -2.14. The van der Waals surface area contributed by atoms with E-state index in [1.807, 2.05) is 0 Å². The standard InChI is InChI=1S/C10H10BrFN2O/c11-5-3-6(10(13)7(12)4-5)8-1-2-9(15)14-8/h3-4,8H,1-2,13H2,(H,14,15). The molecular weight excluding hydrogens is 263 g/mol. The molecule has 1 aliphatic rings. The van der Waals surface area contributed by atoms with Gasteiger partial charge in [0.15, 0.2) is 0 Å². The van der Waals surface area contributed by atoms with E-state index >= 15 is 0 Å². The Kier molecular flexibility index (Phi) is 2.65. The Labute approximate surface area is 95.0 Å². The van der Waals surface area contributed by atoms with Crippen molar-refractivity contribution in [1.82, 2.24) is 5.32 Å². The quantitative estimate of drug-likeness (QED) is 0.770. The molecule has 3 N–H and O–H groups in total. The number of carbonyl (C=O) groups is 1. The van der Waals surface area contributed by atoms with Crippen LogP contribution in [0.5, 0.6) is 0 Å². The monoisotopic (exact) mass is 272 g/mol. The number of rotatable bonds is 1. The summed E-state index contributed by atoms with van der Waals surface area (Å²) in [6, 6.07) is 2.90. The van der Waals surface area contributed by atoms with E-state index in [9.17, 15) is 9.18 Å². The van der Waals surface area contributed by atoms with Gasteiger partial charge in [-0.2, -0.15) is 0 Å². The van der Waals surface area contributed by atoms with E-state index < -0.39 is 5.82 Å². The van der Waals surface area contributed by atoms with Crippen molar-refractivity contribution in [2.45, 2.75) is 18.9 Å². The highest BCUT2D eigenvalue weighted by molar-refractivity contribution is 9.10. The number of hydrogen-bond acceptors (Lipinski definition) is 2. The summed E-state index contributed by atoms with van der Waals surface area (Å²) in [4.78, 5) is 11.1. The summed E-state index contributed by atoms with van der Waals surface area (Å²) in [5.41, 5.74) is 6.39. The molecule has 0 saturated carbocycles. The third kappa shape index (κ3) is 1.97. The van der Waals surface area contributed by atoms with Crippen LogP contribution in [-0.2, 0) is 4.79 Å². The smallest absolute Gasteiger partial charge is 0.220 e. The molecule has 5 heteroatoms. The van der Waals surface area contributed by atoms with Crippen LogP contribution in [-0.4, -0.2) is 5.91 Å². The highest BCUT2D eigenvalue weighted by Crippen LogP contribution is 2.32. The zero-order valence-corrected chi connectivity index (χ0v) is 9.47. The molecular formula is C10H10BrFN2O. The van der Waals surface area contributed by atoms with Gasteiger partial charge in [-0.1, -0.05) is 15.9 Å². The average molecular weight is 273 g/mol. The molecule has 1 heterocycles. The van der Waals surface area contributed by atoms with Crippen LogP contribution in [0.15, 0.2) is 16.6 Å². The van der Waals surface area contributed by atoms with Crippen molar-refractivity contribution in [3.63, 3.8) is 0 Å². The Morgan fingerprint density at radius 2 is 2.27 bits per heavy atom. The lowest BCUT2D eigenvalue weighted by Crippen LogP contribution is -2.19. The molecule has 1 aromatic rings. The van der Waals surface area contributed by atoms with Crippen molar-refractivity contribution >= 4 is 27.5 Å². The number of hydrogen-bond donors (Lipinski definition) is 2. The van der Waals surface area contributed by atoms with Gasteiger partial charge in [0, 0.05) is 16.5 Å². The van der Waals surface area contributed by atoms with Gasteiger partial charge in [0.2, 0.25) is 5.91 Å². The summed E-state index contributed by atoms with van der Waals surface area (Å²) in [5.74, 6) is -0.472. The molecule has 80 valence electrons. The van der Waals surface area contributed by atoms with Gasteiger partial charge in [0.1, 0.15) is 5.82 Å². The molecule has 1 fully saturated rings. The molecule has 3 nitrogen and oxygen atoms in total. The predicted molar refractivity (Wildman–Crippen MR) is 58.6 cm³/mol. The van der Waals surface area contributed by atoms with Crippen molar-refractivity contribution in [1.29, 1.82) is 0 Å². The first-order chi connectivity index (χ1) is 7.08. The lowest BCUT2D eigenvalue weighted by atomic mass is 10.0. The van der Waals surface area contributed by atoms with Crippen LogP contribution in [0.3, 0.4) is 0 Å². The molecule has 15 heavy (non-hydrogen) atoms. The maximum absolute atomic E-state index is 13.3. The zero-order chi connectivity index (χ0) is 11.0. The van der Waals surface area contributed by atoms with E-state index in [1.54, 1.807) is 6.07 Å². The molecule has 0 aromatic heterocycles. The third-order valence-electron chi connectivity index (χ3n) is 2.50. The summed E-state index contributed by atoms with van der Waals surface area (Å²) in [6.45, 7) is 0. The van der Waals surface area contributed by atoms with Crippen LogP contribution >= 0.6 is 15.9 Å². The van der Waals surface area contributed by atoms with Gasteiger partial charge >= 0.3 is 0 Å². The minimum absolute atomic E-state index is 0.0141. The second-order valence-corrected chi connectivity index (χ2v) is 4.46. The van der Waals surface area contributed by atoms with Crippen LogP contribution in [0.25, 0.3) is 0 Å². The van der Waals surface area contributed by atoms with Gasteiger partial charge in [0.25, 0.3) is 0 Å². The van der Waals surface area contributed by atoms with E-state index in [0.29, 0.717) is 22.9 Å². The van der Waals surface area contributed by atoms with Gasteiger partial charge < -0.3 is 11.1 Å². The number of benzene rings is 1. The van der Waals surface area contributed by atoms with Crippen molar-refractivity contribution in [2.24, 2.45) is 0 Å². The number of nitrogens with one attached hydrogen (secondary N) is 1. The second kappa shape index (κ2) is 3.81. The number of amides is 1. The molecule has 1 amide bonds. The molecule has 1 aliphatic heterocycles. The zero-order valence-electron chi connectivity index (χ0n) is 7.89.